The van der Waals surface area contributed by atoms with E-state index in [0.717, 1.165) is 10.6 Å². The number of rotatable bonds is 5. The second-order valence-corrected chi connectivity index (χ2v) is 5.05. The first-order valence-corrected chi connectivity index (χ1v) is 6.52. The Morgan fingerprint density at radius 1 is 1.58 bits per heavy atom. The minimum Gasteiger partial charge on any atom is -0.481 e. The first-order valence-electron chi connectivity index (χ1n) is 5.64. The number of nitrogens with one attached hydrogen (secondary N) is 2. The summed E-state index contributed by atoms with van der Waals surface area (Å²) in [5.74, 6) is -1.35. The van der Waals surface area contributed by atoms with Crippen molar-refractivity contribution in [1.82, 2.24) is 15.5 Å². The van der Waals surface area contributed by atoms with E-state index in [1.165, 1.54) is 11.3 Å². The van der Waals surface area contributed by atoms with Crippen molar-refractivity contribution in [2.24, 2.45) is 0 Å². The minimum atomic E-state index is -0.961. The zero-order valence-corrected chi connectivity index (χ0v) is 11.0. The first kappa shape index (κ1) is 13.3. The molecule has 2 aromatic heterocycles. The SMILES string of the molecule is Cc1cc(C(=O)NC(CC(=O)O)c2cccs2)n[nH]1. The lowest BCUT2D eigenvalue weighted by molar-refractivity contribution is -0.137. The lowest BCUT2D eigenvalue weighted by Gasteiger charge is -2.14. The fraction of sp³-hybridized carbons (Fsp3) is 0.250. The summed E-state index contributed by atoms with van der Waals surface area (Å²) in [5.41, 5.74) is 1.03. The van der Waals surface area contributed by atoms with Crippen LogP contribution in [0.5, 0.6) is 0 Å². The third-order valence-electron chi connectivity index (χ3n) is 2.51. The highest BCUT2D eigenvalue weighted by Gasteiger charge is 2.20. The predicted molar refractivity (Wildman–Crippen MR) is 70.1 cm³/mol. The first-order chi connectivity index (χ1) is 9.06. The van der Waals surface area contributed by atoms with Crippen LogP contribution in [0.4, 0.5) is 0 Å². The number of aryl methyl sites for hydroxylation is 1. The van der Waals surface area contributed by atoms with Gasteiger partial charge in [0.1, 0.15) is 5.69 Å². The molecule has 0 bridgehead atoms. The molecule has 0 saturated heterocycles. The lowest BCUT2D eigenvalue weighted by Crippen LogP contribution is -2.29. The quantitative estimate of drug-likeness (QED) is 0.776. The van der Waals surface area contributed by atoms with Crippen molar-refractivity contribution in [2.45, 2.75) is 19.4 Å². The molecule has 1 unspecified atom stereocenters. The fourth-order valence-electron chi connectivity index (χ4n) is 1.65. The van der Waals surface area contributed by atoms with Gasteiger partial charge in [0.15, 0.2) is 0 Å². The molecule has 0 spiro atoms. The molecule has 0 aliphatic heterocycles. The van der Waals surface area contributed by atoms with Crippen LogP contribution in [0.15, 0.2) is 23.6 Å². The van der Waals surface area contributed by atoms with Crippen LogP contribution in [0.1, 0.15) is 33.5 Å². The van der Waals surface area contributed by atoms with Gasteiger partial charge in [0, 0.05) is 10.6 Å². The van der Waals surface area contributed by atoms with Crippen LogP contribution in [0.25, 0.3) is 0 Å². The number of aromatic nitrogens is 2. The Hall–Kier alpha value is -2.15. The Kier molecular flexibility index (Phi) is 3.96. The van der Waals surface area contributed by atoms with Gasteiger partial charge in [-0.2, -0.15) is 5.10 Å². The van der Waals surface area contributed by atoms with E-state index in [1.807, 2.05) is 11.4 Å². The number of carboxylic acid groups (broad SMARTS) is 1. The highest BCUT2D eigenvalue weighted by molar-refractivity contribution is 7.10. The van der Waals surface area contributed by atoms with Gasteiger partial charge in [0.25, 0.3) is 5.91 Å². The molecule has 1 atom stereocenters. The number of aliphatic carboxylic acids is 1. The standard InChI is InChI=1S/C12H13N3O3S/c1-7-5-9(15-14-7)12(18)13-8(6-11(16)17)10-3-2-4-19-10/h2-5,8H,6H2,1H3,(H,13,18)(H,14,15)(H,16,17). The summed E-state index contributed by atoms with van der Waals surface area (Å²) in [6.45, 7) is 1.79. The molecule has 0 saturated carbocycles. The van der Waals surface area contributed by atoms with Crippen LogP contribution in [0, 0.1) is 6.92 Å². The van der Waals surface area contributed by atoms with Gasteiger partial charge in [0.2, 0.25) is 0 Å². The molecule has 7 heteroatoms. The van der Waals surface area contributed by atoms with E-state index >= 15 is 0 Å². The molecule has 0 aliphatic carbocycles. The van der Waals surface area contributed by atoms with Gasteiger partial charge in [-0.3, -0.25) is 14.7 Å². The summed E-state index contributed by atoms with van der Waals surface area (Å²) < 4.78 is 0. The Morgan fingerprint density at radius 2 is 2.37 bits per heavy atom. The number of hydrogen-bond donors (Lipinski definition) is 3. The van der Waals surface area contributed by atoms with Crippen LogP contribution >= 0.6 is 11.3 Å². The average molecular weight is 279 g/mol. The number of thiophene rings is 1. The van der Waals surface area contributed by atoms with Gasteiger partial charge in [-0.15, -0.1) is 11.3 Å². The highest BCUT2D eigenvalue weighted by atomic mass is 32.1. The number of carboxylic acids is 1. The fourth-order valence-corrected chi connectivity index (χ4v) is 2.43. The summed E-state index contributed by atoms with van der Waals surface area (Å²) in [5, 5.41) is 20.0. The second-order valence-electron chi connectivity index (χ2n) is 4.08. The van der Waals surface area contributed by atoms with Crippen molar-refractivity contribution >= 4 is 23.2 Å². The van der Waals surface area contributed by atoms with Crippen LogP contribution in [0.3, 0.4) is 0 Å². The van der Waals surface area contributed by atoms with Crippen molar-refractivity contribution in [2.75, 3.05) is 0 Å². The van der Waals surface area contributed by atoms with Crippen LogP contribution in [0.2, 0.25) is 0 Å². The average Bonchev–Trinajstić information content (AvgIpc) is 2.97. The van der Waals surface area contributed by atoms with E-state index < -0.39 is 12.0 Å². The lowest BCUT2D eigenvalue weighted by atomic mass is 10.1. The van der Waals surface area contributed by atoms with Crippen LogP contribution in [-0.4, -0.2) is 27.2 Å². The maximum Gasteiger partial charge on any atom is 0.305 e. The molecule has 0 aliphatic rings. The van der Waals surface area contributed by atoms with E-state index in [1.54, 1.807) is 19.1 Å². The number of aromatic amines is 1. The molecule has 2 aromatic rings. The molecule has 0 fully saturated rings. The molecule has 2 heterocycles. The topological polar surface area (TPSA) is 95.1 Å². The van der Waals surface area contributed by atoms with Crippen molar-refractivity contribution in [3.63, 3.8) is 0 Å². The molecular weight excluding hydrogens is 266 g/mol. The molecule has 0 radical (unpaired) electrons. The maximum absolute atomic E-state index is 12.0. The Morgan fingerprint density at radius 3 is 2.89 bits per heavy atom. The van der Waals surface area contributed by atoms with Crippen LogP contribution < -0.4 is 5.32 Å². The van der Waals surface area contributed by atoms with Gasteiger partial charge >= 0.3 is 5.97 Å². The van der Waals surface area contributed by atoms with Crippen molar-refractivity contribution < 1.29 is 14.7 Å². The summed E-state index contributed by atoms with van der Waals surface area (Å²) in [4.78, 5) is 23.6. The maximum atomic E-state index is 12.0. The third-order valence-corrected chi connectivity index (χ3v) is 3.50. The van der Waals surface area contributed by atoms with E-state index in [2.05, 4.69) is 15.5 Å². The number of carbonyl (C=O) groups excluding carboxylic acids is 1. The molecule has 19 heavy (non-hydrogen) atoms. The Bertz CT molecular complexity index is 577. The highest BCUT2D eigenvalue weighted by Crippen LogP contribution is 2.22. The number of H-pyrrole nitrogens is 1. The van der Waals surface area contributed by atoms with E-state index in [0.29, 0.717) is 0 Å². The summed E-state index contributed by atoms with van der Waals surface area (Å²) in [6.07, 6.45) is -0.157. The number of hydrogen-bond acceptors (Lipinski definition) is 4. The van der Waals surface area contributed by atoms with Gasteiger partial charge in [-0.1, -0.05) is 6.07 Å². The number of amides is 1. The molecule has 100 valence electrons. The monoisotopic (exact) mass is 279 g/mol. The third kappa shape index (κ3) is 3.41. The van der Waals surface area contributed by atoms with E-state index in [9.17, 15) is 9.59 Å². The number of carbonyl (C=O) groups is 2. The zero-order valence-electron chi connectivity index (χ0n) is 10.2. The van der Waals surface area contributed by atoms with Crippen molar-refractivity contribution in [3.8, 4) is 0 Å². The Labute approximate surface area is 113 Å². The normalized spacial score (nSPS) is 12.1. The molecule has 2 rings (SSSR count). The summed E-state index contributed by atoms with van der Waals surface area (Å²) in [6, 6.07) is 4.69. The smallest absolute Gasteiger partial charge is 0.305 e. The van der Waals surface area contributed by atoms with Crippen molar-refractivity contribution in [3.05, 3.63) is 39.8 Å². The van der Waals surface area contributed by atoms with Crippen LogP contribution in [-0.2, 0) is 4.79 Å². The van der Waals surface area contributed by atoms with E-state index in [-0.39, 0.29) is 18.0 Å². The molecule has 0 aromatic carbocycles. The second kappa shape index (κ2) is 5.66. The molecule has 6 nitrogen and oxygen atoms in total. The van der Waals surface area contributed by atoms with Gasteiger partial charge in [0.05, 0.1) is 12.5 Å². The summed E-state index contributed by atoms with van der Waals surface area (Å²) >= 11 is 1.41. The summed E-state index contributed by atoms with van der Waals surface area (Å²) in [7, 11) is 0. The minimum absolute atomic E-state index is 0.157. The van der Waals surface area contributed by atoms with Gasteiger partial charge in [-0.05, 0) is 24.4 Å². The zero-order chi connectivity index (χ0) is 13.8. The largest absolute Gasteiger partial charge is 0.481 e. The number of nitrogens with zero attached hydrogens (tertiary/aromatic N) is 1. The molecular formula is C12H13N3O3S. The molecule has 1 amide bonds. The predicted octanol–water partition coefficient (Wildman–Crippen LogP) is 1.73. The molecule has 3 N–H and O–H groups in total. The van der Waals surface area contributed by atoms with Crippen molar-refractivity contribution in [1.29, 1.82) is 0 Å². The van der Waals surface area contributed by atoms with Gasteiger partial charge in [-0.25, -0.2) is 0 Å². The van der Waals surface area contributed by atoms with Gasteiger partial charge < -0.3 is 10.4 Å². The Balaban J connectivity index is 2.12. The van der Waals surface area contributed by atoms with E-state index in [4.69, 9.17) is 5.11 Å².